The number of nitrogens with one attached hydrogen (secondary N) is 1. The summed E-state index contributed by atoms with van der Waals surface area (Å²) in [5, 5.41) is 7.40. The topological polar surface area (TPSA) is 89.8 Å². The van der Waals surface area contributed by atoms with Crippen molar-refractivity contribution >= 4 is 45.0 Å². The summed E-state index contributed by atoms with van der Waals surface area (Å²) in [6.45, 7) is 0. The van der Waals surface area contributed by atoms with Crippen LogP contribution >= 0.6 is 11.6 Å². The minimum Gasteiger partial charge on any atom is -0.384 e. The summed E-state index contributed by atoms with van der Waals surface area (Å²) in [5.41, 5.74) is 12.4. The van der Waals surface area contributed by atoms with Gasteiger partial charge >= 0.3 is 0 Å². The number of nitrogen functional groups attached to an aromatic ring is 1. The van der Waals surface area contributed by atoms with Crippen LogP contribution in [0, 0.1) is 0 Å². The van der Waals surface area contributed by atoms with E-state index in [1.165, 1.54) is 0 Å². The fraction of sp³-hybridized carbons (Fsp3) is 0.0455. The van der Waals surface area contributed by atoms with Gasteiger partial charge in [0.15, 0.2) is 5.65 Å². The summed E-state index contributed by atoms with van der Waals surface area (Å²) in [5.74, 6) is 0.514. The van der Waals surface area contributed by atoms with E-state index in [-0.39, 0.29) is 0 Å². The van der Waals surface area contributed by atoms with Gasteiger partial charge in [-0.05, 0) is 30.3 Å². The minimum absolute atomic E-state index is 0.514. The number of aromatic amines is 1. The van der Waals surface area contributed by atoms with Crippen LogP contribution in [0.2, 0.25) is 5.02 Å². The maximum absolute atomic E-state index is 6.36. The van der Waals surface area contributed by atoms with E-state index in [4.69, 9.17) is 22.3 Å². The first-order chi connectivity index (χ1) is 14.6. The normalized spacial score (nSPS) is 11.8. The van der Waals surface area contributed by atoms with E-state index in [0.29, 0.717) is 16.5 Å². The van der Waals surface area contributed by atoms with Crippen LogP contribution in [0.3, 0.4) is 0 Å². The van der Waals surface area contributed by atoms with Gasteiger partial charge in [0.1, 0.15) is 11.5 Å². The van der Waals surface area contributed by atoms with Crippen LogP contribution < -0.4 is 5.73 Å². The van der Waals surface area contributed by atoms with Crippen molar-refractivity contribution < 1.29 is 0 Å². The third-order valence-electron chi connectivity index (χ3n) is 5.38. The predicted molar refractivity (Wildman–Crippen MR) is 119 cm³/mol. The van der Waals surface area contributed by atoms with Crippen LogP contribution in [0.5, 0.6) is 0 Å². The molecule has 0 fully saturated rings. The van der Waals surface area contributed by atoms with Crippen LogP contribution in [0.4, 0.5) is 5.82 Å². The van der Waals surface area contributed by atoms with Crippen molar-refractivity contribution in [3.63, 3.8) is 0 Å². The highest BCUT2D eigenvalue weighted by Crippen LogP contribution is 2.33. The molecule has 1 aromatic carbocycles. The van der Waals surface area contributed by atoms with Gasteiger partial charge < -0.3 is 15.3 Å². The maximum atomic E-state index is 6.36. The quantitative estimate of drug-likeness (QED) is 0.431. The van der Waals surface area contributed by atoms with Crippen LogP contribution in [0.1, 0.15) is 0 Å². The second kappa shape index (κ2) is 6.08. The molecule has 0 amide bonds. The van der Waals surface area contributed by atoms with E-state index in [0.717, 1.165) is 44.5 Å². The molecule has 0 saturated carbocycles. The van der Waals surface area contributed by atoms with Gasteiger partial charge in [0.2, 0.25) is 0 Å². The molecule has 0 spiro atoms. The monoisotopic (exact) mass is 413 g/mol. The lowest BCUT2D eigenvalue weighted by molar-refractivity contribution is 0.946. The molecule has 5 aromatic heterocycles. The number of nitrogens with two attached hydrogens (primary N) is 1. The molecular formula is C22H16ClN7. The number of fused-ring (bicyclic) bond motifs is 3. The van der Waals surface area contributed by atoms with Gasteiger partial charge in [0.25, 0.3) is 0 Å². The van der Waals surface area contributed by atoms with E-state index >= 15 is 0 Å². The van der Waals surface area contributed by atoms with Gasteiger partial charge in [0, 0.05) is 70.2 Å². The molecule has 0 aliphatic rings. The summed E-state index contributed by atoms with van der Waals surface area (Å²) in [4.78, 5) is 12.6. The number of aromatic nitrogens is 6. The number of nitrogens with zero attached hydrogens (tertiary/aromatic N) is 5. The van der Waals surface area contributed by atoms with Crippen molar-refractivity contribution in [1.82, 2.24) is 29.1 Å². The third-order valence-corrected chi connectivity index (χ3v) is 5.62. The molecule has 7 nitrogen and oxygen atoms in total. The Bertz CT molecular complexity index is 1590. The average Bonchev–Trinajstić information content (AvgIpc) is 3.43. The molecule has 3 N–H and O–H groups in total. The number of pyridine rings is 1. The second-order valence-electron chi connectivity index (χ2n) is 7.29. The molecule has 5 heterocycles. The lowest BCUT2D eigenvalue weighted by atomic mass is 10.1. The van der Waals surface area contributed by atoms with Crippen molar-refractivity contribution in [1.29, 1.82) is 0 Å². The maximum Gasteiger partial charge on any atom is 0.158 e. The number of H-pyrrole nitrogens is 1. The first-order valence-electron chi connectivity index (χ1n) is 9.42. The molecule has 6 aromatic rings. The van der Waals surface area contributed by atoms with E-state index in [9.17, 15) is 0 Å². The molecule has 146 valence electrons. The summed E-state index contributed by atoms with van der Waals surface area (Å²) in [6, 6.07) is 13.5. The Morgan fingerprint density at radius 2 is 1.93 bits per heavy atom. The zero-order valence-corrected chi connectivity index (χ0v) is 16.7. The summed E-state index contributed by atoms with van der Waals surface area (Å²) >= 11 is 6.20. The highest BCUT2D eigenvalue weighted by Gasteiger charge is 2.16. The van der Waals surface area contributed by atoms with Gasteiger partial charge in [-0.1, -0.05) is 11.6 Å². The average molecular weight is 414 g/mol. The number of hydrogen-bond donors (Lipinski definition) is 2. The van der Waals surface area contributed by atoms with Gasteiger partial charge in [-0.15, -0.1) is 0 Å². The number of benzene rings is 1. The first-order valence-corrected chi connectivity index (χ1v) is 9.80. The number of anilines is 1. The minimum atomic E-state index is 0.514. The molecule has 0 aliphatic carbocycles. The smallest absolute Gasteiger partial charge is 0.158 e. The zero-order chi connectivity index (χ0) is 20.4. The SMILES string of the molecule is Cn1cc(-c2cc(N)n3nc(-c4c[nH]c5ccc(Cl)cc45)cc3n2)c2cccnc21. The van der Waals surface area contributed by atoms with Crippen LogP contribution in [-0.2, 0) is 7.05 Å². The molecule has 0 bridgehead atoms. The van der Waals surface area contributed by atoms with E-state index in [2.05, 4.69) is 15.1 Å². The van der Waals surface area contributed by atoms with Crippen molar-refractivity contribution in [2.75, 3.05) is 5.73 Å². The van der Waals surface area contributed by atoms with Gasteiger partial charge in [-0.25, -0.2) is 9.97 Å². The Hall–Kier alpha value is -3.84. The van der Waals surface area contributed by atoms with E-state index in [1.54, 1.807) is 10.7 Å². The van der Waals surface area contributed by atoms with E-state index in [1.807, 2.05) is 66.5 Å². The Kier molecular flexibility index (Phi) is 3.45. The summed E-state index contributed by atoms with van der Waals surface area (Å²) in [7, 11) is 1.97. The van der Waals surface area contributed by atoms with Gasteiger partial charge in [0.05, 0.1) is 11.4 Å². The largest absolute Gasteiger partial charge is 0.384 e. The fourth-order valence-electron chi connectivity index (χ4n) is 3.99. The van der Waals surface area contributed by atoms with Crippen LogP contribution in [0.25, 0.3) is 50.1 Å². The third kappa shape index (κ3) is 2.42. The Morgan fingerprint density at radius 3 is 2.83 bits per heavy atom. The number of rotatable bonds is 2. The lowest BCUT2D eigenvalue weighted by Crippen LogP contribution is -2.01. The van der Waals surface area contributed by atoms with Crippen LogP contribution in [-0.4, -0.2) is 29.1 Å². The standard InChI is InChI=1S/C22H16ClN7/c1-29-11-16(13-3-2-6-25-22(13)29)18-8-20(24)30-21(27-18)9-19(28-30)15-10-26-17-5-4-12(23)7-14(15)17/h2-11,26H,24H2,1H3. The van der Waals surface area contributed by atoms with Crippen molar-refractivity contribution in [3.8, 4) is 22.5 Å². The van der Waals surface area contributed by atoms with Crippen molar-refractivity contribution in [2.24, 2.45) is 7.05 Å². The lowest BCUT2D eigenvalue weighted by Gasteiger charge is -2.03. The molecule has 8 heteroatoms. The molecule has 6 rings (SSSR count). The molecule has 0 unspecified atom stereocenters. The zero-order valence-electron chi connectivity index (χ0n) is 16.0. The number of hydrogen-bond acceptors (Lipinski definition) is 4. The van der Waals surface area contributed by atoms with Crippen LogP contribution in [0.15, 0.2) is 61.1 Å². The Balaban J connectivity index is 1.55. The predicted octanol–water partition coefficient (Wildman–Crippen LogP) is 4.67. The highest BCUT2D eigenvalue weighted by atomic mass is 35.5. The first kappa shape index (κ1) is 17.1. The molecule has 0 saturated heterocycles. The molecule has 30 heavy (non-hydrogen) atoms. The number of halogens is 1. The molecule has 0 atom stereocenters. The Labute approximate surface area is 175 Å². The highest BCUT2D eigenvalue weighted by molar-refractivity contribution is 6.31. The Morgan fingerprint density at radius 1 is 1.03 bits per heavy atom. The second-order valence-corrected chi connectivity index (χ2v) is 7.72. The fourth-order valence-corrected chi connectivity index (χ4v) is 4.16. The summed E-state index contributed by atoms with van der Waals surface area (Å²) in [6.07, 6.45) is 5.74. The van der Waals surface area contributed by atoms with Crippen molar-refractivity contribution in [3.05, 3.63) is 66.1 Å². The molecular weight excluding hydrogens is 398 g/mol. The number of aryl methyl sites for hydroxylation is 1. The van der Waals surface area contributed by atoms with Gasteiger partial charge in [-0.3, -0.25) is 0 Å². The summed E-state index contributed by atoms with van der Waals surface area (Å²) < 4.78 is 3.65. The van der Waals surface area contributed by atoms with Crippen molar-refractivity contribution in [2.45, 2.75) is 0 Å². The molecule has 0 aliphatic heterocycles. The van der Waals surface area contributed by atoms with E-state index < -0.39 is 0 Å². The molecule has 0 radical (unpaired) electrons. The van der Waals surface area contributed by atoms with Gasteiger partial charge in [-0.2, -0.15) is 9.61 Å².